The number of amides is 4. The van der Waals surface area contributed by atoms with E-state index < -0.39 is 23.5 Å². The zero-order chi connectivity index (χ0) is 21.3. The third-order valence-electron chi connectivity index (χ3n) is 5.47. The second-order valence-electron chi connectivity index (χ2n) is 7.35. The van der Waals surface area contributed by atoms with Crippen molar-refractivity contribution in [1.29, 1.82) is 0 Å². The second kappa shape index (κ2) is 8.06. The fourth-order valence-corrected chi connectivity index (χ4v) is 3.80. The third-order valence-corrected chi connectivity index (χ3v) is 5.47. The highest BCUT2D eigenvalue weighted by Crippen LogP contribution is 2.22. The zero-order valence-electron chi connectivity index (χ0n) is 16.1. The van der Waals surface area contributed by atoms with Gasteiger partial charge in [-0.1, -0.05) is 24.3 Å². The fraction of sp³-hybridized carbons (Fsp3) is 0.273. The minimum absolute atomic E-state index is 0.0124. The minimum Gasteiger partial charge on any atom is -0.349 e. The standard InChI is InChI=1S/C22H20FN3O4/c23-18-8-4-3-7-17(18)20(28)24-14-9-11-25(12-10-14)19(27)13-26-21(29)15-5-1-2-6-16(15)22(26)30/h1-8,14H,9-13H2,(H,24,28). The van der Waals surface area contributed by atoms with Crippen LogP contribution >= 0.6 is 0 Å². The Labute approximate surface area is 172 Å². The van der Waals surface area contributed by atoms with Crippen molar-refractivity contribution in [2.75, 3.05) is 19.6 Å². The lowest BCUT2D eigenvalue weighted by Crippen LogP contribution is -2.49. The maximum atomic E-state index is 13.7. The predicted molar refractivity (Wildman–Crippen MR) is 105 cm³/mol. The summed E-state index contributed by atoms with van der Waals surface area (Å²) < 4.78 is 13.7. The Hall–Kier alpha value is -3.55. The Morgan fingerprint density at radius 1 is 0.933 bits per heavy atom. The summed E-state index contributed by atoms with van der Waals surface area (Å²) in [5, 5.41) is 2.80. The van der Waals surface area contributed by atoms with Gasteiger partial charge in [0.1, 0.15) is 12.4 Å². The summed E-state index contributed by atoms with van der Waals surface area (Å²) in [4.78, 5) is 52.3. The number of hydrogen-bond donors (Lipinski definition) is 1. The minimum atomic E-state index is -0.580. The molecule has 0 atom stereocenters. The van der Waals surface area contributed by atoms with Crippen molar-refractivity contribution in [1.82, 2.24) is 15.1 Å². The first-order valence-electron chi connectivity index (χ1n) is 9.74. The number of nitrogens with one attached hydrogen (secondary N) is 1. The highest BCUT2D eigenvalue weighted by atomic mass is 19.1. The van der Waals surface area contributed by atoms with Crippen LogP contribution in [0.2, 0.25) is 0 Å². The lowest BCUT2D eigenvalue weighted by molar-refractivity contribution is -0.132. The molecule has 8 heteroatoms. The third kappa shape index (κ3) is 3.68. The number of benzene rings is 2. The molecule has 4 amide bonds. The predicted octanol–water partition coefficient (Wildman–Crippen LogP) is 1.84. The summed E-state index contributed by atoms with van der Waals surface area (Å²) in [6, 6.07) is 12.1. The molecule has 2 heterocycles. The molecular formula is C22H20FN3O4. The van der Waals surface area contributed by atoms with Crippen molar-refractivity contribution >= 4 is 23.6 Å². The normalized spacial score (nSPS) is 16.6. The molecule has 0 unspecified atom stereocenters. The van der Waals surface area contributed by atoms with Gasteiger partial charge in [-0.2, -0.15) is 0 Å². The number of rotatable bonds is 4. The van der Waals surface area contributed by atoms with E-state index in [1.54, 1.807) is 35.2 Å². The summed E-state index contributed by atoms with van der Waals surface area (Å²) in [6.45, 7) is 0.451. The molecule has 30 heavy (non-hydrogen) atoms. The number of imide groups is 1. The molecule has 2 aromatic carbocycles. The Bertz CT molecular complexity index is 996. The molecule has 2 aromatic rings. The monoisotopic (exact) mass is 409 g/mol. The van der Waals surface area contributed by atoms with E-state index in [-0.39, 0.29) is 24.1 Å². The first-order valence-corrected chi connectivity index (χ1v) is 9.74. The van der Waals surface area contributed by atoms with Gasteiger partial charge in [0.25, 0.3) is 17.7 Å². The lowest BCUT2D eigenvalue weighted by atomic mass is 10.0. The Kier molecular flexibility index (Phi) is 5.31. The van der Waals surface area contributed by atoms with Crippen molar-refractivity contribution in [3.63, 3.8) is 0 Å². The molecule has 2 aliphatic rings. The van der Waals surface area contributed by atoms with Crippen molar-refractivity contribution < 1.29 is 23.6 Å². The molecule has 154 valence electrons. The SMILES string of the molecule is O=C(NC1CCN(C(=O)CN2C(=O)c3ccccc3C2=O)CC1)c1ccccc1F. The van der Waals surface area contributed by atoms with Gasteiger partial charge in [-0.25, -0.2) is 4.39 Å². The molecule has 0 aromatic heterocycles. The number of likely N-dealkylation sites (tertiary alicyclic amines) is 1. The molecule has 1 N–H and O–H groups in total. The summed E-state index contributed by atoms with van der Waals surface area (Å²) in [5.74, 6) is -2.30. The van der Waals surface area contributed by atoms with Crippen LogP contribution in [-0.2, 0) is 4.79 Å². The summed E-state index contributed by atoms with van der Waals surface area (Å²) in [6.07, 6.45) is 1.02. The topological polar surface area (TPSA) is 86.8 Å². The number of carbonyl (C=O) groups is 4. The van der Waals surface area contributed by atoms with Crippen molar-refractivity contribution in [2.45, 2.75) is 18.9 Å². The van der Waals surface area contributed by atoms with E-state index in [1.807, 2.05) is 0 Å². The Morgan fingerprint density at radius 3 is 2.10 bits per heavy atom. The molecule has 0 bridgehead atoms. The molecule has 7 nitrogen and oxygen atoms in total. The number of nitrogens with zero attached hydrogens (tertiary/aromatic N) is 2. The Morgan fingerprint density at radius 2 is 1.50 bits per heavy atom. The molecule has 0 radical (unpaired) electrons. The fourth-order valence-electron chi connectivity index (χ4n) is 3.80. The van der Waals surface area contributed by atoms with Crippen molar-refractivity contribution in [3.05, 3.63) is 71.0 Å². The van der Waals surface area contributed by atoms with Gasteiger partial charge < -0.3 is 10.2 Å². The number of halogens is 1. The van der Waals surface area contributed by atoms with E-state index in [0.29, 0.717) is 37.1 Å². The van der Waals surface area contributed by atoms with Gasteiger partial charge in [-0.05, 0) is 37.1 Å². The number of carbonyl (C=O) groups excluding carboxylic acids is 4. The first-order chi connectivity index (χ1) is 14.5. The maximum Gasteiger partial charge on any atom is 0.262 e. The summed E-state index contributed by atoms with van der Waals surface area (Å²) in [7, 11) is 0. The molecule has 0 saturated carbocycles. The van der Waals surface area contributed by atoms with Crippen LogP contribution in [0.5, 0.6) is 0 Å². The molecule has 1 fully saturated rings. The van der Waals surface area contributed by atoms with E-state index in [9.17, 15) is 23.6 Å². The van der Waals surface area contributed by atoms with E-state index in [0.717, 1.165) is 4.90 Å². The van der Waals surface area contributed by atoms with E-state index in [2.05, 4.69) is 5.32 Å². The van der Waals surface area contributed by atoms with Crippen molar-refractivity contribution in [2.24, 2.45) is 0 Å². The first kappa shape index (κ1) is 19.8. The Balaban J connectivity index is 1.31. The molecule has 2 aliphatic heterocycles. The average molecular weight is 409 g/mol. The van der Waals surface area contributed by atoms with E-state index in [4.69, 9.17) is 0 Å². The second-order valence-corrected chi connectivity index (χ2v) is 7.35. The van der Waals surface area contributed by atoms with Crippen LogP contribution in [0.15, 0.2) is 48.5 Å². The number of hydrogen-bond acceptors (Lipinski definition) is 4. The van der Waals surface area contributed by atoms with Gasteiger partial charge in [0, 0.05) is 19.1 Å². The zero-order valence-corrected chi connectivity index (χ0v) is 16.1. The van der Waals surface area contributed by atoms with Gasteiger partial charge in [-0.3, -0.25) is 24.1 Å². The molecule has 0 spiro atoms. The molecule has 4 rings (SSSR count). The summed E-state index contributed by atoms with van der Waals surface area (Å²) in [5.41, 5.74) is 0.608. The molecule has 1 saturated heterocycles. The lowest BCUT2D eigenvalue weighted by Gasteiger charge is -2.33. The molecular weight excluding hydrogens is 389 g/mol. The highest BCUT2D eigenvalue weighted by Gasteiger charge is 2.37. The van der Waals surface area contributed by atoms with Gasteiger partial charge in [0.2, 0.25) is 5.91 Å². The van der Waals surface area contributed by atoms with Crippen LogP contribution in [-0.4, -0.2) is 59.1 Å². The average Bonchev–Trinajstić information content (AvgIpc) is 2.99. The number of fused-ring (bicyclic) bond motifs is 1. The van der Waals surface area contributed by atoms with Crippen LogP contribution in [0.25, 0.3) is 0 Å². The van der Waals surface area contributed by atoms with Gasteiger partial charge in [0.15, 0.2) is 0 Å². The summed E-state index contributed by atoms with van der Waals surface area (Å²) >= 11 is 0. The van der Waals surface area contributed by atoms with E-state index in [1.165, 1.54) is 18.2 Å². The van der Waals surface area contributed by atoms with Crippen LogP contribution in [0.4, 0.5) is 4.39 Å². The van der Waals surface area contributed by atoms with Gasteiger partial charge in [0.05, 0.1) is 16.7 Å². The van der Waals surface area contributed by atoms with Crippen LogP contribution in [0, 0.1) is 5.82 Å². The molecule has 0 aliphatic carbocycles. The van der Waals surface area contributed by atoms with E-state index >= 15 is 0 Å². The smallest absolute Gasteiger partial charge is 0.262 e. The van der Waals surface area contributed by atoms with Gasteiger partial charge in [-0.15, -0.1) is 0 Å². The maximum absolute atomic E-state index is 13.7. The quantitative estimate of drug-likeness (QED) is 0.781. The van der Waals surface area contributed by atoms with Crippen LogP contribution in [0.3, 0.4) is 0 Å². The van der Waals surface area contributed by atoms with Crippen molar-refractivity contribution in [3.8, 4) is 0 Å². The highest BCUT2D eigenvalue weighted by molar-refractivity contribution is 6.22. The van der Waals surface area contributed by atoms with Crippen LogP contribution < -0.4 is 5.32 Å². The largest absolute Gasteiger partial charge is 0.349 e. The van der Waals surface area contributed by atoms with Crippen LogP contribution in [0.1, 0.15) is 43.9 Å². The number of piperidine rings is 1. The van der Waals surface area contributed by atoms with Gasteiger partial charge >= 0.3 is 0 Å².